The molecule has 1 N–H and O–H groups in total. The monoisotopic (exact) mass is 467 g/mol. The molecule has 1 aliphatic carbocycles. The summed E-state index contributed by atoms with van der Waals surface area (Å²) in [4.78, 5) is 20.5. The maximum absolute atomic E-state index is 13.1. The number of carbonyl (C=O) groups is 1. The van der Waals surface area contributed by atoms with Gasteiger partial charge in [0.05, 0.1) is 0 Å². The fourth-order valence-electron chi connectivity index (χ4n) is 4.10. The minimum Gasteiger partial charge on any atom is -0.371 e. The number of pyridine rings is 1. The van der Waals surface area contributed by atoms with Gasteiger partial charge in [-0.05, 0) is 44.9 Å². The minimum atomic E-state index is -4.98. The number of hydrogen-bond acceptors (Lipinski definition) is 4. The minimum absolute atomic E-state index is 0.0688. The molecule has 32 heavy (non-hydrogen) atoms. The van der Waals surface area contributed by atoms with Crippen LogP contribution in [0.1, 0.15) is 37.1 Å². The van der Waals surface area contributed by atoms with Gasteiger partial charge in [0.25, 0.3) is 0 Å². The molecule has 6 nitrogen and oxygen atoms in total. The van der Waals surface area contributed by atoms with Crippen LogP contribution in [-0.2, 0) is 12.4 Å². The Labute approximate surface area is 182 Å². The van der Waals surface area contributed by atoms with Crippen LogP contribution in [0.5, 0.6) is 0 Å². The molecule has 2 fully saturated rings. The molecule has 180 valence electrons. The van der Waals surface area contributed by atoms with Crippen LogP contribution in [0.2, 0.25) is 0 Å². The van der Waals surface area contributed by atoms with Gasteiger partial charge in [0.15, 0.2) is 0 Å². The summed E-state index contributed by atoms with van der Waals surface area (Å²) in [7, 11) is 3.48. The summed E-state index contributed by atoms with van der Waals surface area (Å²) < 4.78 is 78.6. The lowest BCUT2D eigenvalue weighted by atomic mass is 9.90. The molecule has 0 bridgehead atoms. The van der Waals surface area contributed by atoms with Gasteiger partial charge >= 0.3 is 18.4 Å². The summed E-state index contributed by atoms with van der Waals surface area (Å²) in [5.74, 6) is 0. The van der Waals surface area contributed by atoms with E-state index in [0.29, 0.717) is 50.9 Å². The number of anilines is 1. The van der Waals surface area contributed by atoms with Crippen molar-refractivity contribution in [1.82, 2.24) is 20.1 Å². The van der Waals surface area contributed by atoms with Gasteiger partial charge in [-0.15, -0.1) is 0 Å². The first-order chi connectivity index (χ1) is 14.8. The summed E-state index contributed by atoms with van der Waals surface area (Å²) >= 11 is 0. The number of carbonyl (C=O) groups excluding carboxylic acids is 1. The van der Waals surface area contributed by atoms with Gasteiger partial charge in [-0.2, -0.15) is 26.3 Å². The van der Waals surface area contributed by atoms with Gasteiger partial charge in [-0.3, -0.25) is 0 Å². The Bertz CT molecular complexity index is 766. The molecule has 0 unspecified atom stereocenters. The van der Waals surface area contributed by atoms with E-state index in [2.05, 4.69) is 15.2 Å². The molecule has 3 rings (SSSR count). The van der Waals surface area contributed by atoms with Crippen molar-refractivity contribution < 1.29 is 31.1 Å². The zero-order chi connectivity index (χ0) is 23.7. The fourth-order valence-corrected chi connectivity index (χ4v) is 4.10. The van der Waals surface area contributed by atoms with Gasteiger partial charge in [-0.1, -0.05) is 0 Å². The summed E-state index contributed by atoms with van der Waals surface area (Å²) in [6, 6.07) is 0.859. The van der Waals surface area contributed by atoms with E-state index in [1.807, 2.05) is 7.05 Å². The zero-order valence-corrected chi connectivity index (χ0v) is 17.9. The number of rotatable bonds is 3. The second-order valence-electron chi connectivity index (χ2n) is 8.45. The van der Waals surface area contributed by atoms with Crippen LogP contribution in [0.3, 0.4) is 0 Å². The number of alkyl halides is 6. The predicted octanol–water partition coefficient (Wildman–Crippen LogP) is 3.82. The van der Waals surface area contributed by atoms with Crippen molar-refractivity contribution in [3.05, 3.63) is 23.5 Å². The van der Waals surface area contributed by atoms with Crippen molar-refractivity contribution in [3.63, 3.8) is 0 Å². The predicted molar refractivity (Wildman–Crippen MR) is 106 cm³/mol. The van der Waals surface area contributed by atoms with Gasteiger partial charge in [0.1, 0.15) is 11.4 Å². The van der Waals surface area contributed by atoms with Crippen LogP contribution in [0.15, 0.2) is 12.1 Å². The smallest absolute Gasteiger partial charge is 0.371 e. The standard InChI is InChI=1S/C20H27F6N5O/c1-29-7-9-31(10-8-29)18(32)27-13-3-5-14(6-4-13)30(2)15-11-16(19(21,22)23)28-17(12-15)20(24,25)26/h11-14H,3-10H2,1-2H3,(H,27,32). The molecule has 1 aromatic rings. The highest BCUT2D eigenvalue weighted by Gasteiger charge is 2.39. The molecule has 12 heteroatoms. The second kappa shape index (κ2) is 9.32. The molecule has 2 aliphatic rings. The topological polar surface area (TPSA) is 51.7 Å². The first kappa shape index (κ1) is 24.4. The summed E-state index contributed by atoms with van der Waals surface area (Å²) in [6.45, 7) is 2.89. The van der Waals surface area contributed by atoms with Crippen molar-refractivity contribution in [2.45, 2.75) is 50.1 Å². The van der Waals surface area contributed by atoms with Crippen LogP contribution < -0.4 is 10.2 Å². The van der Waals surface area contributed by atoms with Crippen LogP contribution in [-0.4, -0.2) is 73.2 Å². The van der Waals surface area contributed by atoms with Crippen LogP contribution >= 0.6 is 0 Å². The molecule has 0 radical (unpaired) electrons. The third kappa shape index (κ3) is 5.96. The van der Waals surface area contributed by atoms with E-state index >= 15 is 0 Å². The van der Waals surface area contributed by atoms with E-state index in [9.17, 15) is 31.1 Å². The summed E-state index contributed by atoms with van der Waals surface area (Å²) in [5.41, 5.74) is -3.31. The molecule has 0 atom stereocenters. The Kier molecular flexibility index (Phi) is 7.11. The highest BCUT2D eigenvalue weighted by molar-refractivity contribution is 5.74. The molecular formula is C20H27F6N5O. The number of halogens is 6. The van der Waals surface area contributed by atoms with E-state index in [1.54, 1.807) is 4.90 Å². The lowest BCUT2D eigenvalue weighted by molar-refractivity contribution is -0.150. The number of urea groups is 1. The van der Waals surface area contributed by atoms with Crippen molar-refractivity contribution in [2.75, 3.05) is 45.2 Å². The summed E-state index contributed by atoms with van der Waals surface area (Å²) in [6.07, 6.45) is -7.70. The molecule has 2 amide bonds. The Hall–Kier alpha value is -2.24. The van der Waals surface area contributed by atoms with Gasteiger partial charge in [-0.25, -0.2) is 9.78 Å². The van der Waals surface area contributed by atoms with Gasteiger partial charge in [0.2, 0.25) is 0 Å². The highest BCUT2D eigenvalue weighted by Crippen LogP contribution is 2.37. The quantitative estimate of drug-likeness (QED) is 0.687. The Morgan fingerprint density at radius 1 is 0.969 bits per heavy atom. The molecule has 2 heterocycles. The van der Waals surface area contributed by atoms with E-state index in [1.165, 1.54) is 11.9 Å². The van der Waals surface area contributed by atoms with Crippen molar-refractivity contribution in [1.29, 1.82) is 0 Å². The number of amides is 2. The van der Waals surface area contributed by atoms with E-state index in [-0.39, 0.29) is 23.8 Å². The van der Waals surface area contributed by atoms with Gasteiger partial charge < -0.3 is 20.0 Å². The SMILES string of the molecule is CN1CCN(C(=O)NC2CCC(N(C)c3cc(C(F)(F)F)nc(C(F)(F)F)c3)CC2)CC1. The number of nitrogens with zero attached hydrogens (tertiary/aromatic N) is 4. The average molecular weight is 467 g/mol. The van der Waals surface area contributed by atoms with Crippen LogP contribution in [0.4, 0.5) is 36.8 Å². The zero-order valence-electron chi connectivity index (χ0n) is 17.9. The highest BCUT2D eigenvalue weighted by atomic mass is 19.4. The Morgan fingerprint density at radius 2 is 1.47 bits per heavy atom. The van der Waals surface area contributed by atoms with Crippen molar-refractivity contribution in [3.8, 4) is 0 Å². The average Bonchev–Trinajstić information content (AvgIpc) is 2.72. The number of aromatic nitrogens is 1. The van der Waals surface area contributed by atoms with Crippen LogP contribution in [0.25, 0.3) is 0 Å². The maximum atomic E-state index is 13.1. The van der Waals surface area contributed by atoms with Crippen LogP contribution in [0, 0.1) is 0 Å². The first-order valence-corrected chi connectivity index (χ1v) is 10.5. The fraction of sp³-hybridized carbons (Fsp3) is 0.700. The lowest BCUT2D eigenvalue weighted by Crippen LogP contribution is -2.53. The van der Waals surface area contributed by atoms with E-state index in [4.69, 9.17) is 0 Å². The number of likely N-dealkylation sites (N-methyl/N-ethyl adjacent to an activating group) is 1. The van der Waals surface area contributed by atoms with E-state index in [0.717, 1.165) is 13.1 Å². The van der Waals surface area contributed by atoms with E-state index < -0.39 is 23.7 Å². The number of hydrogen-bond donors (Lipinski definition) is 1. The largest absolute Gasteiger partial charge is 0.433 e. The van der Waals surface area contributed by atoms with Gasteiger partial charge in [0, 0.05) is 51.0 Å². The molecule has 0 aromatic carbocycles. The number of nitrogens with one attached hydrogen (secondary N) is 1. The molecule has 1 aliphatic heterocycles. The Balaban J connectivity index is 1.62. The second-order valence-corrected chi connectivity index (χ2v) is 8.45. The number of piperazine rings is 1. The Morgan fingerprint density at radius 3 is 1.94 bits per heavy atom. The molecule has 1 saturated heterocycles. The summed E-state index contributed by atoms with van der Waals surface area (Å²) in [5, 5.41) is 3.00. The molecule has 0 spiro atoms. The third-order valence-corrected chi connectivity index (χ3v) is 6.16. The molecule has 1 saturated carbocycles. The molecular weight excluding hydrogens is 440 g/mol. The van der Waals surface area contributed by atoms with Crippen molar-refractivity contribution >= 4 is 11.7 Å². The lowest BCUT2D eigenvalue weighted by Gasteiger charge is -2.38. The first-order valence-electron chi connectivity index (χ1n) is 10.5. The maximum Gasteiger partial charge on any atom is 0.433 e. The van der Waals surface area contributed by atoms with Crippen molar-refractivity contribution in [2.24, 2.45) is 0 Å². The third-order valence-electron chi connectivity index (χ3n) is 6.16. The molecule has 1 aromatic heterocycles. The normalized spacial score (nSPS) is 23.2.